The summed E-state index contributed by atoms with van der Waals surface area (Å²) in [4.78, 5) is 12.3. The molecule has 0 fully saturated rings. The molecule has 0 aliphatic heterocycles. The minimum atomic E-state index is -0.305. The number of nitrogens with zero attached hydrogens (tertiary/aromatic N) is 1. The van der Waals surface area contributed by atoms with Crippen LogP contribution in [0.2, 0.25) is 0 Å². The van der Waals surface area contributed by atoms with Gasteiger partial charge in [-0.2, -0.15) is 5.10 Å². The molecule has 1 unspecified atom stereocenters. The molecule has 5 nitrogen and oxygen atoms in total. The third kappa shape index (κ3) is 2.52. The lowest BCUT2D eigenvalue weighted by molar-refractivity contribution is 0.248. The second-order valence-corrected chi connectivity index (χ2v) is 5.67. The van der Waals surface area contributed by atoms with Crippen molar-refractivity contribution in [3.63, 3.8) is 0 Å². The number of aromatic amines is 1. The molecule has 0 saturated heterocycles. The van der Waals surface area contributed by atoms with Gasteiger partial charge in [0.1, 0.15) is 5.82 Å². The molecular formula is C17H15FN4O. The Hall–Kier alpha value is -2.89. The SMILES string of the molecule is O=C(Nc1cccc2[nH]ncc12)NC1CCc2ccc(F)cc21. The van der Waals surface area contributed by atoms with E-state index in [1.165, 1.54) is 12.1 Å². The number of benzene rings is 2. The maximum Gasteiger partial charge on any atom is 0.319 e. The van der Waals surface area contributed by atoms with Gasteiger partial charge in [0.2, 0.25) is 0 Å². The maximum atomic E-state index is 13.4. The Morgan fingerprint density at radius 2 is 2.22 bits per heavy atom. The molecule has 2 aromatic carbocycles. The molecule has 1 aromatic heterocycles. The van der Waals surface area contributed by atoms with E-state index in [0.29, 0.717) is 5.69 Å². The fourth-order valence-electron chi connectivity index (χ4n) is 3.12. The fraction of sp³-hybridized carbons (Fsp3) is 0.176. The van der Waals surface area contributed by atoms with Gasteiger partial charge in [0.25, 0.3) is 0 Å². The van der Waals surface area contributed by atoms with Crippen LogP contribution in [-0.4, -0.2) is 16.2 Å². The molecular weight excluding hydrogens is 295 g/mol. The van der Waals surface area contributed by atoms with Crippen LogP contribution < -0.4 is 10.6 Å². The number of carbonyl (C=O) groups is 1. The van der Waals surface area contributed by atoms with Gasteiger partial charge in [-0.1, -0.05) is 12.1 Å². The molecule has 23 heavy (non-hydrogen) atoms. The second-order valence-electron chi connectivity index (χ2n) is 5.67. The zero-order chi connectivity index (χ0) is 15.8. The number of aromatic nitrogens is 2. The number of hydrogen-bond acceptors (Lipinski definition) is 2. The molecule has 1 aliphatic rings. The number of urea groups is 1. The van der Waals surface area contributed by atoms with E-state index in [9.17, 15) is 9.18 Å². The summed E-state index contributed by atoms with van der Waals surface area (Å²) in [6.07, 6.45) is 3.30. The van der Waals surface area contributed by atoms with Gasteiger partial charge in [0, 0.05) is 5.39 Å². The first-order valence-corrected chi connectivity index (χ1v) is 7.48. The van der Waals surface area contributed by atoms with Crippen LogP contribution >= 0.6 is 0 Å². The van der Waals surface area contributed by atoms with Gasteiger partial charge in [-0.05, 0) is 48.2 Å². The number of rotatable bonds is 2. The highest BCUT2D eigenvalue weighted by Crippen LogP contribution is 2.31. The van der Waals surface area contributed by atoms with Crippen molar-refractivity contribution in [3.8, 4) is 0 Å². The molecule has 2 amide bonds. The number of hydrogen-bond donors (Lipinski definition) is 3. The standard InChI is InChI=1S/C17H15FN4O/c18-11-6-4-10-5-7-15(12(10)8-11)21-17(23)20-14-2-1-3-16-13(14)9-19-22-16/h1-4,6,8-9,15H,5,7H2,(H,19,22)(H2,20,21,23). The lowest BCUT2D eigenvalue weighted by Gasteiger charge is -2.15. The molecule has 6 heteroatoms. The van der Waals surface area contributed by atoms with Crippen LogP contribution in [0.25, 0.3) is 10.9 Å². The van der Waals surface area contributed by atoms with E-state index in [4.69, 9.17) is 0 Å². The molecule has 0 spiro atoms. The third-order valence-corrected chi connectivity index (χ3v) is 4.22. The van der Waals surface area contributed by atoms with Crippen molar-refractivity contribution >= 4 is 22.6 Å². The first-order chi connectivity index (χ1) is 11.2. The topological polar surface area (TPSA) is 69.8 Å². The van der Waals surface area contributed by atoms with Crippen LogP contribution in [0.3, 0.4) is 0 Å². The van der Waals surface area contributed by atoms with E-state index < -0.39 is 0 Å². The molecule has 1 atom stereocenters. The smallest absolute Gasteiger partial charge is 0.319 e. The largest absolute Gasteiger partial charge is 0.331 e. The zero-order valence-electron chi connectivity index (χ0n) is 12.3. The molecule has 1 aliphatic carbocycles. The van der Waals surface area contributed by atoms with Crippen molar-refractivity contribution in [1.82, 2.24) is 15.5 Å². The highest BCUT2D eigenvalue weighted by Gasteiger charge is 2.24. The summed E-state index contributed by atoms with van der Waals surface area (Å²) in [6.45, 7) is 0. The summed E-state index contributed by atoms with van der Waals surface area (Å²) in [6, 6.07) is 9.84. The summed E-state index contributed by atoms with van der Waals surface area (Å²) < 4.78 is 13.4. The van der Waals surface area contributed by atoms with Crippen LogP contribution in [0, 0.1) is 5.82 Å². The Kier molecular flexibility index (Phi) is 3.22. The van der Waals surface area contributed by atoms with Crippen LogP contribution in [0.1, 0.15) is 23.6 Å². The lowest BCUT2D eigenvalue weighted by atomic mass is 10.1. The Morgan fingerprint density at radius 3 is 3.13 bits per heavy atom. The number of halogens is 1. The number of nitrogens with one attached hydrogen (secondary N) is 3. The summed E-state index contributed by atoms with van der Waals surface area (Å²) >= 11 is 0. The highest BCUT2D eigenvalue weighted by atomic mass is 19.1. The summed E-state index contributed by atoms with van der Waals surface area (Å²) in [5, 5.41) is 13.4. The van der Waals surface area contributed by atoms with E-state index >= 15 is 0 Å². The average Bonchev–Trinajstić information content (AvgIpc) is 3.15. The van der Waals surface area contributed by atoms with Crippen molar-refractivity contribution in [2.24, 2.45) is 0 Å². The maximum absolute atomic E-state index is 13.4. The fourth-order valence-corrected chi connectivity index (χ4v) is 3.12. The van der Waals surface area contributed by atoms with Crippen molar-refractivity contribution in [2.45, 2.75) is 18.9 Å². The van der Waals surface area contributed by atoms with E-state index in [1.807, 2.05) is 18.2 Å². The van der Waals surface area contributed by atoms with E-state index in [0.717, 1.165) is 34.9 Å². The molecule has 1 heterocycles. The number of fused-ring (bicyclic) bond motifs is 2. The first kappa shape index (κ1) is 13.8. The van der Waals surface area contributed by atoms with Crippen molar-refractivity contribution < 1.29 is 9.18 Å². The van der Waals surface area contributed by atoms with Gasteiger partial charge in [0.05, 0.1) is 23.4 Å². The number of carbonyl (C=O) groups excluding carboxylic acids is 1. The van der Waals surface area contributed by atoms with Gasteiger partial charge >= 0.3 is 6.03 Å². The predicted octanol–water partition coefficient (Wildman–Crippen LogP) is 3.51. The highest BCUT2D eigenvalue weighted by molar-refractivity contribution is 6.00. The van der Waals surface area contributed by atoms with Gasteiger partial charge in [0.15, 0.2) is 0 Å². The minimum absolute atomic E-state index is 0.163. The van der Waals surface area contributed by atoms with Crippen LogP contribution in [-0.2, 0) is 6.42 Å². The summed E-state index contributed by atoms with van der Waals surface area (Å²) in [5.74, 6) is -0.277. The Labute approximate surface area is 131 Å². The molecule has 0 saturated carbocycles. The molecule has 3 N–H and O–H groups in total. The van der Waals surface area contributed by atoms with Crippen LogP contribution in [0.4, 0.5) is 14.9 Å². The average molecular weight is 310 g/mol. The third-order valence-electron chi connectivity index (χ3n) is 4.22. The summed E-state index contributed by atoms with van der Waals surface area (Å²) in [7, 11) is 0. The monoisotopic (exact) mass is 310 g/mol. The molecule has 0 bridgehead atoms. The van der Waals surface area contributed by atoms with E-state index in [2.05, 4.69) is 20.8 Å². The van der Waals surface area contributed by atoms with Crippen LogP contribution in [0.15, 0.2) is 42.6 Å². The number of aryl methyl sites for hydroxylation is 1. The van der Waals surface area contributed by atoms with Crippen molar-refractivity contribution in [3.05, 3.63) is 59.5 Å². The Morgan fingerprint density at radius 1 is 1.30 bits per heavy atom. The zero-order valence-corrected chi connectivity index (χ0v) is 12.3. The quantitative estimate of drug-likeness (QED) is 0.678. The van der Waals surface area contributed by atoms with E-state index in [1.54, 1.807) is 12.3 Å². The first-order valence-electron chi connectivity index (χ1n) is 7.48. The van der Waals surface area contributed by atoms with E-state index in [-0.39, 0.29) is 17.9 Å². The normalized spacial score (nSPS) is 16.3. The number of anilines is 1. The number of H-pyrrole nitrogens is 1. The Bertz CT molecular complexity index is 889. The molecule has 3 aromatic rings. The lowest BCUT2D eigenvalue weighted by Crippen LogP contribution is -2.31. The minimum Gasteiger partial charge on any atom is -0.331 e. The van der Waals surface area contributed by atoms with Gasteiger partial charge in [-0.25, -0.2) is 9.18 Å². The molecule has 4 rings (SSSR count). The van der Waals surface area contributed by atoms with Crippen molar-refractivity contribution in [2.75, 3.05) is 5.32 Å². The second kappa shape index (κ2) is 5.39. The molecule has 116 valence electrons. The Balaban J connectivity index is 1.52. The van der Waals surface area contributed by atoms with Crippen molar-refractivity contribution in [1.29, 1.82) is 0 Å². The van der Waals surface area contributed by atoms with Crippen LogP contribution in [0.5, 0.6) is 0 Å². The van der Waals surface area contributed by atoms with Gasteiger partial charge in [-0.15, -0.1) is 0 Å². The predicted molar refractivity (Wildman–Crippen MR) is 85.7 cm³/mol. The van der Waals surface area contributed by atoms with Gasteiger partial charge < -0.3 is 10.6 Å². The van der Waals surface area contributed by atoms with Gasteiger partial charge in [-0.3, -0.25) is 5.10 Å². The number of amides is 2. The summed E-state index contributed by atoms with van der Waals surface area (Å²) in [5.41, 5.74) is 3.50. The molecule has 0 radical (unpaired) electrons.